The second-order valence-electron chi connectivity index (χ2n) is 10.8. The highest BCUT2D eigenvalue weighted by Crippen LogP contribution is 2.35. The standard InChI is InChI=1S/C19H20O6.C19H18O6/c2*1-21-11-24-14-5-3-13(4-6-14)17-10-23-18-9-15(25-12-22-2)7-8-16(18)19(17)20/h3-9,17H,10-12H2,1-2H3;3-10H,11-12H2,1-2H3. The van der Waals surface area contributed by atoms with Crippen molar-refractivity contribution < 1.29 is 51.8 Å². The number of methoxy groups -OCH3 is 4. The molecule has 0 saturated heterocycles. The van der Waals surface area contributed by atoms with Crippen molar-refractivity contribution in [2.24, 2.45) is 0 Å². The van der Waals surface area contributed by atoms with Gasteiger partial charge in [0.1, 0.15) is 47.2 Å². The minimum atomic E-state index is -0.338. The van der Waals surface area contributed by atoms with Crippen LogP contribution in [0, 0.1) is 0 Å². The first-order valence-corrected chi connectivity index (χ1v) is 15.5. The quantitative estimate of drug-likeness (QED) is 0.119. The maximum Gasteiger partial charge on any atom is 0.200 e. The summed E-state index contributed by atoms with van der Waals surface area (Å²) in [5.74, 6) is 2.76. The van der Waals surface area contributed by atoms with Crippen molar-refractivity contribution >= 4 is 16.8 Å². The van der Waals surface area contributed by atoms with Gasteiger partial charge in [-0.3, -0.25) is 9.59 Å². The molecular weight excluding hydrogens is 648 g/mol. The Morgan fingerprint density at radius 1 is 0.600 bits per heavy atom. The van der Waals surface area contributed by atoms with Gasteiger partial charge in [-0.05, 0) is 59.7 Å². The van der Waals surface area contributed by atoms with Crippen molar-refractivity contribution in [3.63, 3.8) is 0 Å². The summed E-state index contributed by atoms with van der Waals surface area (Å²) in [7, 11) is 6.21. The predicted octanol–water partition coefficient (Wildman–Crippen LogP) is 6.44. The number of hydrogen-bond donors (Lipinski definition) is 0. The third kappa shape index (κ3) is 8.98. The molecule has 12 heteroatoms. The Labute approximate surface area is 288 Å². The molecule has 1 aromatic heterocycles. The van der Waals surface area contributed by atoms with Crippen LogP contribution in [-0.4, -0.2) is 68.0 Å². The fourth-order valence-corrected chi connectivity index (χ4v) is 5.03. The number of ketones is 1. The van der Waals surface area contributed by atoms with Crippen molar-refractivity contribution in [3.8, 4) is 39.9 Å². The van der Waals surface area contributed by atoms with Gasteiger partial charge in [0.15, 0.2) is 38.4 Å². The van der Waals surface area contributed by atoms with Crippen LogP contribution < -0.4 is 29.1 Å². The number of Topliss-reactive ketones (excluding diaryl/α,β-unsaturated/α-hetero) is 1. The Kier molecular flexibility index (Phi) is 12.8. The second-order valence-corrected chi connectivity index (χ2v) is 10.8. The van der Waals surface area contributed by atoms with E-state index in [0.29, 0.717) is 50.8 Å². The molecule has 0 spiro atoms. The van der Waals surface area contributed by atoms with E-state index < -0.39 is 0 Å². The van der Waals surface area contributed by atoms with E-state index in [4.69, 9.17) is 47.0 Å². The summed E-state index contributed by atoms with van der Waals surface area (Å²) >= 11 is 0. The lowest BCUT2D eigenvalue weighted by atomic mass is 9.89. The Morgan fingerprint density at radius 3 is 1.72 bits per heavy atom. The number of ether oxygens (including phenoxy) is 9. The molecule has 0 fully saturated rings. The zero-order valence-corrected chi connectivity index (χ0v) is 28.2. The monoisotopic (exact) mass is 686 g/mol. The number of carbonyl (C=O) groups is 1. The molecule has 1 aliphatic rings. The van der Waals surface area contributed by atoms with E-state index in [1.165, 1.54) is 6.26 Å². The minimum absolute atomic E-state index is 0.0325. The van der Waals surface area contributed by atoms with Gasteiger partial charge in [-0.25, -0.2) is 0 Å². The van der Waals surface area contributed by atoms with Crippen LogP contribution in [-0.2, 0) is 18.9 Å². The molecule has 6 rings (SSSR count). The van der Waals surface area contributed by atoms with E-state index in [0.717, 1.165) is 11.1 Å². The van der Waals surface area contributed by atoms with Crippen LogP contribution in [0.2, 0.25) is 0 Å². The minimum Gasteiger partial charge on any atom is -0.492 e. The van der Waals surface area contributed by atoms with Crippen molar-refractivity contribution in [2.45, 2.75) is 5.92 Å². The molecule has 0 N–H and O–H groups in total. The highest BCUT2D eigenvalue weighted by Gasteiger charge is 2.30. The lowest BCUT2D eigenvalue weighted by Crippen LogP contribution is -2.26. The summed E-state index contributed by atoms with van der Waals surface area (Å²) in [6.45, 7) is 0.923. The zero-order chi connectivity index (χ0) is 35.3. The number of benzene rings is 4. The van der Waals surface area contributed by atoms with E-state index in [1.54, 1.807) is 89.1 Å². The summed E-state index contributed by atoms with van der Waals surface area (Å²) in [5, 5.41) is 0.488. The molecule has 0 saturated carbocycles. The van der Waals surface area contributed by atoms with Crippen molar-refractivity contribution in [2.75, 3.05) is 62.2 Å². The van der Waals surface area contributed by atoms with Crippen LogP contribution in [0.25, 0.3) is 22.1 Å². The summed E-state index contributed by atoms with van der Waals surface area (Å²) in [4.78, 5) is 25.5. The molecule has 50 heavy (non-hydrogen) atoms. The summed E-state index contributed by atoms with van der Waals surface area (Å²) in [5.41, 5.74) is 3.03. The highest BCUT2D eigenvalue weighted by atomic mass is 16.7. The van der Waals surface area contributed by atoms with Crippen molar-refractivity contribution in [3.05, 3.63) is 113 Å². The Morgan fingerprint density at radius 2 is 1.12 bits per heavy atom. The van der Waals surface area contributed by atoms with E-state index in [9.17, 15) is 9.59 Å². The highest BCUT2D eigenvalue weighted by molar-refractivity contribution is 6.04. The summed E-state index contributed by atoms with van der Waals surface area (Å²) in [6.07, 6.45) is 1.45. The SMILES string of the molecule is COCOc1ccc(-c2coc3cc(OCOC)ccc3c2=O)cc1.COCOc1ccc(C2COc3cc(OCOC)ccc3C2=O)cc1. The normalized spacial score (nSPS) is 13.4. The van der Waals surface area contributed by atoms with E-state index in [-0.39, 0.29) is 50.9 Å². The predicted molar refractivity (Wildman–Crippen MR) is 183 cm³/mol. The molecule has 262 valence electrons. The summed E-state index contributed by atoms with van der Waals surface area (Å²) < 4.78 is 52.3. The van der Waals surface area contributed by atoms with Gasteiger partial charge in [-0.15, -0.1) is 0 Å². The van der Waals surface area contributed by atoms with Gasteiger partial charge < -0.3 is 47.0 Å². The Balaban J connectivity index is 0.000000194. The Bertz CT molecular complexity index is 1900. The maximum atomic E-state index is 12.8. The average molecular weight is 687 g/mol. The zero-order valence-electron chi connectivity index (χ0n) is 28.2. The van der Waals surface area contributed by atoms with E-state index in [2.05, 4.69) is 0 Å². The van der Waals surface area contributed by atoms with Gasteiger partial charge in [0.25, 0.3) is 0 Å². The smallest absolute Gasteiger partial charge is 0.200 e. The van der Waals surface area contributed by atoms with Crippen LogP contribution in [0.4, 0.5) is 0 Å². The second kappa shape index (κ2) is 17.8. The summed E-state index contributed by atoms with van der Waals surface area (Å²) in [6, 6.07) is 24.8. The molecule has 4 aromatic carbocycles. The van der Waals surface area contributed by atoms with Crippen molar-refractivity contribution in [1.29, 1.82) is 0 Å². The van der Waals surface area contributed by atoms with Crippen molar-refractivity contribution in [1.82, 2.24) is 0 Å². The molecule has 0 aliphatic carbocycles. The lowest BCUT2D eigenvalue weighted by Gasteiger charge is -2.25. The topological polar surface area (TPSA) is 130 Å². The molecule has 0 amide bonds. The van der Waals surface area contributed by atoms with Gasteiger partial charge in [0.05, 0.1) is 22.4 Å². The van der Waals surface area contributed by atoms with Crippen LogP contribution in [0.5, 0.6) is 28.7 Å². The van der Waals surface area contributed by atoms with Crippen LogP contribution >= 0.6 is 0 Å². The number of fused-ring (bicyclic) bond motifs is 2. The molecule has 12 nitrogen and oxygen atoms in total. The van der Waals surface area contributed by atoms with Gasteiger partial charge >= 0.3 is 0 Å². The van der Waals surface area contributed by atoms with E-state index in [1.807, 2.05) is 24.3 Å². The molecule has 2 heterocycles. The fourth-order valence-electron chi connectivity index (χ4n) is 5.03. The molecule has 0 bridgehead atoms. The third-order valence-electron chi connectivity index (χ3n) is 7.51. The first-order chi connectivity index (χ1) is 24.4. The largest absolute Gasteiger partial charge is 0.492 e. The Hall–Kier alpha value is -5.40. The molecule has 0 radical (unpaired) electrons. The molecule has 1 aliphatic heterocycles. The first-order valence-electron chi connectivity index (χ1n) is 15.5. The number of hydrogen-bond acceptors (Lipinski definition) is 12. The number of carbonyl (C=O) groups excluding carboxylic acids is 1. The van der Waals surface area contributed by atoms with E-state index >= 15 is 0 Å². The third-order valence-corrected chi connectivity index (χ3v) is 7.51. The van der Waals surface area contributed by atoms with Crippen LogP contribution in [0.3, 0.4) is 0 Å². The van der Waals surface area contributed by atoms with Gasteiger partial charge in [-0.1, -0.05) is 24.3 Å². The van der Waals surface area contributed by atoms with Crippen LogP contribution in [0.1, 0.15) is 21.8 Å². The molecular formula is C38H38O12. The number of rotatable bonds is 14. The molecule has 5 aromatic rings. The molecule has 1 atom stereocenters. The van der Waals surface area contributed by atoms with Gasteiger partial charge in [0, 0.05) is 40.6 Å². The van der Waals surface area contributed by atoms with Crippen LogP contribution in [0.15, 0.2) is 100 Å². The lowest BCUT2D eigenvalue weighted by molar-refractivity contribution is 0.0506. The fraction of sp³-hybridized carbons (Fsp3) is 0.263. The first kappa shape index (κ1) is 35.9. The van der Waals surface area contributed by atoms with Gasteiger partial charge in [-0.2, -0.15) is 0 Å². The molecule has 1 unspecified atom stereocenters. The average Bonchev–Trinajstić information content (AvgIpc) is 3.15. The maximum absolute atomic E-state index is 12.8. The van der Waals surface area contributed by atoms with Gasteiger partial charge in [0.2, 0.25) is 0 Å².